The van der Waals surface area contributed by atoms with Crippen LogP contribution in [0.25, 0.3) is 11.2 Å². The number of rotatable bonds is 4. The summed E-state index contributed by atoms with van der Waals surface area (Å²) in [5.74, 6) is 0.416. The van der Waals surface area contributed by atoms with Crippen LogP contribution in [0.15, 0.2) is 39.0 Å². The van der Waals surface area contributed by atoms with Crippen LogP contribution in [0.5, 0.6) is 0 Å². The molecule has 130 valence electrons. The molecule has 8 nitrogen and oxygen atoms in total. The van der Waals surface area contributed by atoms with Crippen molar-refractivity contribution in [2.24, 2.45) is 19.2 Å². The molecule has 3 aromatic rings. The number of hydrogen-bond acceptors (Lipinski definition) is 5. The van der Waals surface area contributed by atoms with Gasteiger partial charge in [0.25, 0.3) is 5.56 Å². The highest BCUT2D eigenvalue weighted by Gasteiger charge is 2.17. The molecule has 0 fully saturated rings. The van der Waals surface area contributed by atoms with Crippen LogP contribution in [0, 0.1) is 6.92 Å². The van der Waals surface area contributed by atoms with E-state index in [2.05, 4.69) is 15.5 Å². The van der Waals surface area contributed by atoms with Gasteiger partial charge in [-0.05, 0) is 19.4 Å². The van der Waals surface area contributed by atoms with Crippen molar-refractivity contribution in [3.8, 4) is 0 Å². The third-order valence-corrected chi connectivity index (χ3v) is 4.12. The Bertz CT molecular complexity index is 1070. The molecule has 0 aliphatic heterocycles. The number of anilines is 1. The van der Waals surface area contributed by atoms with E-state index in [0.29, 0.717) is 23.7 Å². The molecule has 0 saturated carbocycles. The van der Waals surface area contributed by atoms with Crippen molar-refractivity contribution in [1.82, 2.24) is 18.7 Å². The molecule has 2 heterocycles. The van der Waals surface area contributed by atoms with E-state index in [1.165, 1.54) is 17.2 Å². The summed E-state index contributed by atoms with van der Waals surface area (Å²) in [6.45, 7) is 4.44. The van der Waals surface area contributed by atoms with Gasteiger partial charge < -0.3 is 4.57 Å². The van der Waals surface area contributed by atoms with E-state index in [9.17, 15) is 9.59 Å². The van der Waals surface area contributed by atoms with Crippen LogP contribution in [-0.2, 0) is 20.6 Å². The normalized spacial score (nSPS) is 11.5. The molecule has 0 unspecified atom stereocenters. The summed E-state index contributed by atoms with van der Waals surface area (Å²) in [6, 6.07) is 7.93. The average molecular weight is 340 g/mol. The smallest absolute Gasteiger partial charge is 0.303 e. The molecule has 8 heteroatoms. The first-order chi connectivity index (χ1) is 11.9. The van der Waals surface area contributed by atoms with Gasteiger partial charge in [-0.1, -0.05) is 29.8 Å². The SMILES string of the molecule is CCn1c(NN=Cc2ccc(C)cc2)nc2c1c(=O)n(C)c(=O)n2C. The van der Waals surface area contributed by atoms with Gasteiger partial charge in [0.15, 0.2) is 11.2 Å². The van der Waals surface area contributed by atoms with Gasteiger partial charge in [0, 0.05) is 20.6 Å². The van der Waals surface area contributed by atoms with Crippen molar-refractivity contribution in [3.05, 3.63) is 56.2 Å². The standard InChI is InChI=1S/C17H20N6O2/c1-5-23-13-14(21(3)17(25)22(4)15(13)24)19-16(23)20-18-10-12-8-6-11(2)7-9-12/h6-10H,5H2,1-4H3,(H,19,20). The lowest BCUT2D eigenvalue weighted by molar-refractivity contribution is 0.700. The summed E-state index contributed by atoms with van der Waals surface area (Å²) in [4.78, 5) is 28.9. The minimum atomic E-state index is -0.409. The number of benzene rings is 1. The number of nitrogens with zero attached hydrogens (tertiary/aromatic N) is 5. The zero-order valence-corrected chi connectivity index (χ0v) is 14.6. The fourth-order valence-corrected chi connectivity index (χ4v) is 2.66. The molecule has 0 atom stereocenters. The van der Waals surface area contributed by atoms with Gasteiger partial charge >= 0.3 is 5.69 Å². The summed E-state index contributed by atoms with van der Waals surface area (Å²) in [5.41, 5.74) is 4.92. The Hall–Kier alpha value is -3.16. The molecular weight excluding hydrogens is 320 g/mol. The Balaban J connectivity index is 2.03. The molecule has 0 spiro atoms. The Morgan fingerprint density at radius 2 is 1.84 bits per heavy atom. The number of hydrogen-bond donors (Lipinski definition) is 1. The van der Waals surface area contributed by atoms with Crippen molar-refractivity contribution in [1.29, 1.82) is 0 Å². The first-order valence-electron chi connectivity index (χ1n) is 7.96. The second-order valence-electron chi connectivity index (χ2n) is 5.84. The molecular formula is C17H20N6O2. The predicted molar refractivity (Wildman–Crippen MR) is 98.3 cm³/mol. The second-order valence-corrected chi connectivity index (χ2v) is 5.84. The highest BCUT2D eigenvalue weighted by molar-refractivity contribution is 5.80. The highest BCUT2D eigenvalue weighted by Crippen LogP contribution is 2.15. The van der Waals surface area contributed by atoms with Crippen LogP contribution in [0.1, 0.15) is 18.1 Å². The number of fused-ring (bicyclic) bond motifs is 1. The molecule has 1 aromatic carbocycles. The van der Waals surface area contributed by atoms with Crippen LogP contribution in [-0.4, -0.2) is 24.9 Å². The van der Waals surface area contributed by atoms with Gasteiger partial charge in [-0.2, -0.15) is 10.1 Å². The van der Waals surface area contributed by atoms with E-state index in [4.69, 9.17) is 0 Å². The lowest BCUT2D eigenvalue weighted by Gasteiger charge is -2.05. The van der Waals surface area contributed by atoms with Gasteiger partial charge in [0.1, 0.15) is 0 Å². The molecule has 0 bridgehead atoms. The Morgan fingerprint density at radius 1 is 1.16 bits per heavy atom. The molecule has 25 heavy (non-hydrogen) atoms. The highest BCUT2D eigenvalue weighted by atomic mass is 16.2. The monoisotopic (exact) mass is 340 g/mol. The summed E-state index contributed by atoms with van der Waals surface area (Å²) in [5, 5.41) is 4.20. The van der Waals surface area contributed by atoms with Crippen LogP contribution in [0.3, 0.4) is 0 Å². The van der Waals surface area contributed by atoms with Crippen LogP contribution in [0.2, 0.25) is 0 Å². The lowest BCUT2D eigenvalue weighted by atomic mass is 10.2. The van der Waals surface area contributed by atoms with Gasteiger partial charge in [-0.25, -0.2) is 10.2 Å². The Labute approximate surface area is 144 Å². The number of imidazole rings is 1. The zero-order chi connectivity index (χ0) is 18.1. The molecule has 0 saturated heterocycles. The predicted octanol–water partition coefficient (Wildman–Crippen LogP) is 1.21. The maximum Gasteiger partial charge on any atom is 0.332 e. The number of aromatic nitrogens is 4. The molecule has 0 aliphatic carbocycles. The van der Waals surface area contributed by atoms with Crippen molar-refractivity contribution in [2.75, 3.05) is 5.43 Å². The molecule has 1 N–H and O–H groups in total. The first kappa shape index (κ1) is 16.7. The fraction of sp³-hybridized carbons (Fsp3) is 0.294. The number of aryl methyl sites for hydroxylation is 3. The zero-order valence-electron chi connectivity index (χ0n) is 14.6. The van der Waals surface area contributed by atoms with Crippen LogP contribution >= 0.6 is 0 Å². The topological polar surface area (TPSA) is 86.2 Å². The van der Waals surface area contributed by atoms with Crippen molar-refractivity contribution >= 4 is 23.3 Å². The quantitative estimate of drug-likeness (QED) is 0.571. The van der Waals surface area contributed by atoms with Crippen molar-refractivity contribution < 1.29 is 0 Å². The van der Waals surface area contributed by atoms with E-state index in [-0.39, 0.29) is 5.56 Å². The maximum absolute atomic E-state index is 12.4. The fourth-order valence-electron chi connectivity index (χ4n) is 2.66. The average Bonchev–Trinajstić information content (AvgIpc) is 2.98. The Kier molecular flexibility index (Phi) is 4.26. The lowest BCUT2D eigenvalue weighted by Crippen LogP contribution is -2.37. The molecule has 3 rings (SSSR count). The minimum absolute atomic E-state index is 0.336. The van der Waals surface area contributed by atoms with E-state index in [1.807, 2.05) is 38.1 Å². The summed E-state index contributed by atoms with van der Waals surface area (Å²) >= 11 is 0. The second kappa shape index (κ2) is 6.39. The Morgan fingerprint density at radius 3 is 2.48 bits per heavy atom. The van der Waals surface area contributed by atoms with E-state index < -0.39 is 5.69 Å². The van der Waals surface area contributed by atoms with Crippen LogP contribution < -0.4 is 16.7 Å². The number of nitrogens with one attached hydrogen (secondary N) is 1. The maximum atomic E-state index is 12.4. The van der Waals surface area contributed by atoms with E-state index in [0.717, 1.165) is 10.1 Å². The van der Waals surface area contributed by atoms with Gasteiger partial charge in [-0.15, -0.1) is 0 Å². The van der Waals surface area contributed by atoms with Gasteiger partial charge in [0.2, 0.25) is 5.95 Å². The third-order valence-electron chi connectivity index (χ3n) is 4.12. The molecule has 2 aromatic heterocycles. The van der Waals surface area contributed by atoms with E-state index >= 15 is 0 Å². The van der Waals surface area contributed by atoms with E-state index in [1.54, 1.807) is 17.8 Å². The molecule has 0 radical (unpaired) electrons. The summed E-state index contributed by atoms with van der Waals surface area (Å²) in [6.07, 6.45) is 1.68. The summed E-state index contributed by atoms with van der Waals surface area (Å²) in [7, 11) is 3.05. The van der Waals surface area contributed by atoms with Crippen molar-refractivity contribution in [3.63, 3.8) is 0 Å². The molecule has 0 amide bonds. The first-order valence-corrected chi connectivity index (χ1v) is 7.96. The third kappa shape index (κ3) is 2.86. The van der Waals surface area contributed by atoms with Gasteiger partial charge in [-0.3, -0.25) is 13.9 Å². The van der Waals surface area contributed by atoms with Crippen molar-refractivity contribution in [2.45, 2.75) is 20.4 Å². The van der Waals surface area contributed by atoms with Gasteiger partial charge in [0.05, 0.1) is 6.21 Å². The largest absolute Gasteiger partial charge is 0.332 e. The van der Waals surface area contributed by atoms with Crippen LogP contribution in [0.4, 0.5) is 5.95 Å². The molecule has 0 aliphatic rings. The number of hydrazone groups is 1. The minimum Gasteiger partial charge on any atom is -0.303 e. The summed E-state index contributed by atoms with van der Waals surface area (Å²) < 4.78 is 4.15.